The van der Waals surface area contributed by atoms with Crippen molar-refractivity contribution >= 4 is 11.6 Å². The number of hydrogen-bond donors (Lipinski definition) is 2. The van der Waals surface area contributed by atoms with Crippen LogP contribution < -0.4 is 11.1 Å². The highest BCUT2D eigenvalue weighted by Crippen LogP contribution is 2.13. The summed E-state index contributed by atoms with van der Waals surface area (Å²) in [6, 6.07) is 9.67. The second-order valence-corrected chi connectivity index (χ2v) is 4.94. The van der Waals surface area contributed by atoms with Crippen molar-refractivity contribution in [3.63, 3.8) is 0 Å². The van der Waals surface area contributed by atoms with Gasteiger partial charge in [-0.15, -0.1) is 0 Å². The Kier molecular flexibility index (Phi) is 4.52. The van der Waals surface area contributed by atoms with E-state index < -0.39 is 11.7 Å². The third-order valence-corrected chi connectivity index (χ3v) is 3.07. The summed E-state index contributed by atoms with van der Waals surface area (Å²) in [6.07, 6.45) is 0.524. The van der Waals surface area contributed by atoms with E-state index in [0.717, 1.165) is 11.6 Å². The predicted octanol–water partition coefficient (Wildman–Crippen LogP) is 2.91. The van der Waals surface area contributed by atoms with Crippen molar-refractivity contribution in [3.8, 4) is 0 Å². The number of nitrogens with one attached hydrogen (secondary N) is 1. The highest BCUT2D eigenvalue weighted by molar-refractivity contribution is 5.95. The maximum Gasteiger partial charge on any atom is 0.254 e. The zero-order valence-electron chi connectivity index (χ0n) is 11.6. The smallest absolute Gasteiger partial charge is 0.254 e. The van der Waals surface area contributed by atoms with E-state index in [1.165, 1.54) is 24.3 Å². The van der Waals surface area contributed by atoms with Gasteiger partial charge in [0, 0.05) is 11.7 Å². The molecule has 0 saturated heterocycles. The van der Waals surface area contributed by atoms with Crippen LogP contribution in [0.15, 0.2) is 42.5 Å². The summed E-state index contributed by atoms with van der Waals surface area (Å²) in [4.78, 5) is 12.0. The molecular weight excluding hydrogens is 274 g/mol. The van der Waals surface area contributed by atoms with Gasteiger partial charge >= 0.3 is 0 Å². The Balaban J connectivity index is 2.01. The molecule has 2 rings (SSSR count). The monoisotopic (exact) mass is 290 g/mol. The van der Waals surface area contributed by atoms with Crippen LogP contribution in [0.3, 0.4) is 0 Å². The highest BCUT2D eigenvalue weighted by atomic mass is 19.1. The highest BCUT2D eigenvalue weighted by Gasteiger charge is 2.14. The van der Waals surface area contributed by atoms with Crippen molar-refractivity contribution in [2.75, 3.05) is 5.73 Å². The molecule has 110 valence electrons. The lowest BCUT2D eigenvalue weighted by Gasteiger charge is -2.14. The van der Waals surface area contributed by atoms with E-state index >= 15 is 0 Å². The first-order chi connectivity index (χ1) is 9.95. The topological polar surface area (TPSA) is 55.1 Å². The van der Waals surface area contributed by atoms with Gasteiger partial charge in [-0.2, -0.15) is 0 Å². The molecule has 2 aromatic rings. The molecule has 5 heteroatoms. The van der Waals surface area contributed by atoms with Gasteiger partial charge in [-0.05, 0) is 49.2 Å². The molecule has 0 saturated carbocycles. The Morgan fingerprint density at radius 3 is 2.52 bits per heavy atom. The molecule has 1 amide bonds. The van der Waals surface area contributed by atoms with Crippen molar-refractivity contribution in [3.05, 3.63) is 65.2 Å². The summed E-state index contributed by atoms with van der Waals surface area (Å²) in [5.41, 5.74) is 6.68. The number of nitrogen functional groups attached to an aromatic ring is 1. The number of carbonyl (C=O) groups excluding carboxylic acids is 1. The van der Waals surface area contributed by atoms with Crippen molar-refractivity contribution in [2.45, 2.75) is 19.4 Å². The quantitative estimate of drug-likeness (QED) is 0.851. The molecular formula is C16H16F2N2O. The molecule has 3 N–H and O–H groups in total. The molecule has 3 nitrogen and oxygen atoms in total. The van der Waals surface area contributed by atoms with Gasteiger partial charge in [0.15, 0.2) is 0 Å². The van der Waals surface area contributed by atoms with E-state index in [9.17, 15) is 13.6 Å². The summed E-state index contributed by atoms with van der Waals surface area (Å²) >= 11 is 0. The van der Waals surface area contributed by atoms with Crippen molar-refractivity contribution in [1.82, 2.24) is 5.32 Å². The van der Waals surface area contributed by atoms with Gasteiger partial charge in [0.1, 0.15) is 11.6 Å². The molecule has 0 aliphatic carbocycles. The number of nitrogens with two attached hydrogens (primary N) is 1. The molecule has 0 spiro atoms. The third-order valence-electron chi connectivity index (χ3n) is 3.07. The summed E-state index contributed by atoms with van der Waals surface area (Å²) < 4.78 is 26.4. The Morgan fingerprint density at radius 1 is 1.19 bits per heavy atom. The fourth-order valence-corrected chi connectivity index (χ4v) is 2.04. The maximum absolute atomic E-state index is 13.6. The number of benzene rings is 2. The lowest BCUT2D eigenvalue weighted by atomic mass is 10.1. The molecule has 21 heavy (non-hydrogen) atoms. The zero-order chi connectivity index (χ0) is 15.4. The number of rotatable bonds is 4. The lowest BCUT2D eigenvalue weighted by Crippen LogP contribution is -2.34. The number of amides is 1. The SMILES string of the molecule is CC(Cc1ccc(F)cc1)NC(=O)c1cc(N)ccc1F. The minimum Gasteiger partial charge on any atom is -0.399 e. The molecule has 0 fully saturated rings. The first kappa shape index (κ1) is 15.0. The van der Waals surface area contributed by atoms with Crippen molar-refractivity contribution < 1.29 is 13.6 Å². The summed E-state index contributed by atoms with van der Waals surface area (Å²) in [5, 5.41) is 2.70. The van der Waals surface area contributed by atoms with Crippen LogP contribution in [-0.4, -0.2) is 11.9 Å². The van der Waals surface area contributed by atoms with Gasteiger partial charge in [0.2, 0.25) is 0 Å². The van der Waals surface area contributed by atoms with Gasteiger partial charge in [0.05, 0.1) is 5.56 Å². The zero-order valence-corrected chi connectivity index (χ0v) is 11.6. The Bertz CT molecular complexity index is 641. The fraction of sp³-hybridized carbons (Fsp3) is 0.188. The van der Waals surface area contributed by atoms with Crippen LogP contribution in [0.25, 0.3) is 0 Å². The van der Waals surface area contributed by atoms with Crippen molar-refractivity contribution in [1.29, 1.82) is 0 Å². The summed E-state index contributed by atoms with van der Waals surface area (Å²) in [5.74, 6) is -1.44. The van der Waals surface area contributed by atoms with Crippen LogP contribution in [0.4, 0.5) is 14.5 Å². The van der Waals surface area contributed by atoms with Crippen LogP contribution in [0.5, 0.6) is 0 Å². The second-order valence-electron chi connectivity index (χ2n) is 4.94. The first-order valence-electron chi connectivity index (χ1n) is 6.56. The van der Waals surface area contributed by atoms with Crippen LogP contribution in [0.2, 0.25) is 0 Å². The fourth-order valence-electron chi connectivity index (χ4n) is 2.04. The summed E-state index contributed by atoms with van der Waals surface area (Å²) in [7, 11) is 0. The minimum atomic E-state index is -0.615. The number of halogens is 2. The lowest BCUT2D eigenvalue weighted by molar-refractivity contribution is 0.0936. The van der Waals surface area contributed by atoms with E-state index in [2.05, 4.69) is 5.32 Å². The molecule has 1 unspecified atom stereocenters. The largest absolute Gasteiger partial charge is 0.399 e. The van der Waals surface area contributed by atoms with Crippen LogP contribution in [0.1, 0.15) is 22.8 Å². The van der Waals surface area contributed by atoms with Crippen LogP contribution >= 0.6 is 0 Å². The maximum atomic E-state index is 13.6. The van der Waals surface area contributed by atoms with Gasteiger partial charge in [0.25, 0.3) is 5.91 Å². The van der Waals surface area contributed by atoms with E-state index in [4.69, 9.17) is 5.73 Å². The Labute approximate surface area is 121 Å². The average Bonchev–Trinajstić information content (AvgIpc) is 2.44. The predicted molar refractivity (Wildman–Crippen MR) is 77.8 cm³/mol. The molecule has 0 bridgehead atoms. The van der Waals surface area contributed by atoms with Gasteiger partial charge < -0.3 is 11.1 Å². The molecule has 2 aromatic carbocycles. The standard InChI is InChI=1S/C16H16F2N2O/c1-10(8-11-2-4-12(17)5-3-11)20-16(21)14-9-13(19)6-7-15(14)18/h2-7,9-10H,8,19H2,1H3,(H,20,21). The summed E-state index contributed by atoms with van der Waals surface area (Å²) in [6.45, 7) is 1.80. The van der Waals surface area contributed by atoms with Crippen LogP contribution in [0, 0.1) is 11.6 Å². The average molecular weight is 290 g/mol. The van der Waals surface area contributed by atoms with E-state index in [-0.39, 0.29) is 17.4 Å². The van der Waals surface area contributed by atoms with Gasteiger partial charge in [-0.1, -0.05) is 12.1 Å². The van der Waals surface area contributed by atoms with Crippen molar-refractivity contribution in [2.24, 2.45) is 0 Å². The third kappa shape index (κ3) is 4.02. The van der Waals surface area contributed by atoms with Gasteiger partial charge in [-0.25, -0.2) is 8.78 Å². The molecule has 0 aliphatic heterocycles. The Morgan fingerprint density at radius 2 is 1.86 bits per heavy atom. The number of anilines is 1. The normalized spacial score (nSPS) is 12.0. The van der Waals surface area contributed by atoms with Gasteiger partial charge in [-0.3, -0.25) is 4.79 Å². The molecule has 0 heterocycles. The number of carbonyl (C=O) groups is 1. The van der Waals surface area contributed by atoms with E-state index in [1.807, 2.05) is 0 Å². The first-order valence-corrected chi connectivity index (χ1v) is 6.56. The van der Waals surface area contributed by atoms with E-state index in [0.29, 0.717) is 12.1 Å². The number of hydrogen-bond acceptors (Lipinski definition) is 2. The molecule has 1 atom stereocenters. The molecule has 0 aromatic heterocycles. The molecule has 0 aliphatic rings. The minimum absolute atomic E-state index is 0.0824. The van der Waals surface area contributed by atoms with E-state index in [1.54, 1.807) is 19.1 Å². The second kappa shape index (κ2) is 6.35. The Hall–Kier alpha value is -2.43. The van der Waals surface area contributed by atoms with Crippen LogP contribution in [-0.2, 0) is 6.42 Å². The molecule has 0 radical (unpaired) electrons.